The second-order valence-electron chi connectivity index (χ2n) is 5.39. The summed E-state index contributed by atoms with van der Waals surface area (Å²) in [5, 5.41) is 0. The molecule has 1 aromatic carbocycles. The second kappa shape index (κ2) is 5.79. The van der Waals surface area contributed by atoms with E-state index in [1.807, 2.05) is 6.92 Å². The van der Waals surface area contributed by atoms with Gasteiger partial charge in [-0.25, -0.2) is 12.8 Å². The van der Waals surface area contributed by atoms with Crippen LogP contribution < -0.4 is 5.73 Å². The van der Waals surface area contributed by atoms with Crippen LogP contribution in [0.3, 0.4) is 0 Å². The van der Waals surface area contributed by atoms with Gasteiger partial charge in [0.15, 0.2) is 0 Å². The van der Waals surface area contributed by atoms with Gasteiger partial charge in [0.05, 0.1) is 4.90 Å². The molecule has 0 spiro atoms. The summed E-state index contributed by atoms with van der Waals surface area (Å²) in [6.07, 6.45) is 1.52. The number of sulfonamides is 1. The summed E-state index contributed by atoms with van der Waals surface area (Å²) in [5.74, 6) is -0.243. The normalized spacial score (nSPS) is 24.8. The van der Waals surface area contributed by atoms with Crippen LogP contribution in [0.5, 0.6) is 0 Å². The Morgan fingerprint density at radius 2 is 2.15 bits per heavy atom. The van der Waals surface area contributed by atoms with Crippen LogP contribution in [0.4, 0.5) is 4.39 Å². The predicted molar refractivity (Wildman–Crippen MR) is 76.3 cm³/mol. The zero-order valence-electron chi connectivity index (χ0n) is 11.8. The summed E-state index contributed by atoms with van der Waals surface area (Å²) < 4.78 is 39.9. The van der Waals surface area contributed by atoms with Gasteiger partial charge < -0.3 is 5.73 Å². The van der Waals surface area contributed by atoms with Crippen molar-refractivity contribution in [2.75, 3.05) is 13.1 Å². The molecule has 20 heavy (non-hydrogen) atoms. The number of benzene rings is 1. The van der Waals surface area contributed by atoms with Crippen LogP contribution in [0.25, 0.3) is 0 Å². The molecular formula is C14H21FN2O2S. The average Bonchev–Trinajstić information content (AvgIpc) is 2.38. The van der Waals surface area contributed by atoms with E-state index in [0.29, 0.717) is 25.1 Å². The lowest BCUT2D eigenvalue weighted by Gasteiger charge is -2.35. The second-order valence-corrected chi connectivity index (χ2v) is 7.30. The Bertz CT molecular complexity index is 589. The summed E-state index contributed by atoms with van der Waals surface area (Å²) in [6.45, 7) is 4.50. The summed E-state index contributed by atoms with van der Waals surface area (Å²) in [6, 6.07) is 3.84. The Morgan fingerprint density at radius 1 is 1.45 bits per heavy atom. The topological polar surface area (TPSA) is 63.4 Å². The number of halogens is 1. The van der Waals surface area contributed by atoms with Gasteiger partial charge in [-0.15, -0.1) is 0 Å². The smallest absolute Gasteiger partial charge is 0.243 e. The summed E-state index contributed by atoms with van der Waals surface area (Å²) in [7, 11) is -3.56. The lowest BCUT2D eigenvalue weighted by atomic mass is 9.92. The van der Waals surface area contributed by atoms with Crippen LogP contribution >= 0.6 is 0 Å². The van der Waals surface area contributed by atoms with E-state index in [4.69, 9.17) is 5.73 Å². The van der Waals surface area contributed by atoms with Crippen LogP contribution in [-0.2, 0) is 10.0 Å². The van der Waals surface area contributed by atoms with Crippen molar-refractivity contribution in [3.8, 4) is 0 Å². The maximum atomic E-state index is 13.1. The minimum atomic E-state index is -3.56. The monoisotopic (exact) mass is 300 g/mol. The number of piperidine rings is 1. The van der Waals surface area contributed by atoms with Gasteiger partial charge in [-0.1, -0.05) is 13.3 Å². The molecule has 0 bridgehead atoms. The Morgan fingerprint density at radius 3 is 2.75 bits per heavy atom. The van der Waals surface area contributed by atoms with Crippen molar-refractivity contribution in [3.63, 3.8) is 0 Å². The van der Waals surface area contributed by atoms with Gasteiger partial charge in [-0.05, 0) is 43.0 Å². The molecule has 1 fully saturated rings. The number of hydrogen-bond acceptors (Lipinski definition) is 3. The molecule has 4 nitrogen and oxygen atoms in total. The molecule has 0 aliphatic carbocycles. The Hall–Kier alpha value is -0.980. The average molecular weight is 300 g/mol. The lowest BCUT2D eigenvalue weighted by molar-refractivity contribution is 0.230. The molecule has 6 heteroatoms. The van der Waals surface area contributed by atoms with E-state index in [-0.39, 0.29) is 16.9 Å². The third kappa shape index (κ3) is 2.87. The zero-order chi connectivity index (χ0) is 14.9. The fourth-order valence-electron chi connectivity index (χ4n) is 2.71. The molecule has 2 rings (SSSR count). The minimum absolute atomic E-state index is 0.0563. The highest BCUT2D eigenvalue weighted by atomic mass is 32.2. The Balaban J connectivity index is 2.31. The van der Waals surface area contributed by atoms with Gasteiger partial charge in [0.1, 0.15) is 5.82 Å². The molecule has 0 saturated carbocycles. The first kappa shape index (κ1) is 15.4. The van der Waals surface area contributed by atoms with E-state index in [9.17, 15) is 12.8 Å². The van der Waals surface area contributed by atoms with Crippen molar-refractivity contribution >= 4 is 10.0 Å². The summed E-state index contributed by atoms with van der Waals surface area (Å²) >= 11 is 0. The van der Waals surface area contributed by atoms with Gasteiger partial charge in [-0.2, -0.15) is 4.31 Å². The number of nitrogens with zero attached hydrogens (tertiary/aromatic N) is 1. The highest BCUT2D eigenvalue weighted by Gasteiger charge is 2.33. The molecule has 1 saturated heterocycles. The highest BCUT2D eigenvalue weighted by Crippen LogP contribution is 2.26. The minimum Gasteiger partial charge on any atom is -0.327 e. The van der Waals surface area contributed by atoms with Crippen molar-refractivity contribution < 1.29 is 12.8 Å². The fourth-order valence-corrected chi connectivity index (χ4v) is 4.43. The first-order chi connectivity index (χ1) is 9.36. The first-order valence-electron chi connectivity index (χ1n) is 6.88. The van der Waals surface area contributed by atoms with Gasteiger partial charge >= 0.3 is 0 Å². The van der Waals surface area contributed by atoms with E-state index in [0.717, 1.165) is 6.42 Å². The SMILES string of the molecule is CCC1CN(S(=O)(=O)c2ccc(F)cc2C)CCC1N. The molecule has 1 aromatic rings. The maximum Gasteiger partial charge on any atom is 0.243 e. The van der Waals surface area contributed by atoms with E-state index in [1.165, 1.54) is 22.5 Å². The van der Waals surface area contributed by atoms with E-state index in [1.54, 1.807) is 6.92 Å². The molecular weight excluding hydrogens is 279 g/mol. The van der Waals surface area contributed by atoms with E-state index >= 15 is 0 Å². The van der Waals surface area contributed by atoms with Crippen molar-refractivity contribution in [1.29, 1.82) is 0 Å². The molecule has 0 amide bonds. The fraction of sp³-hybridized carbons (Fsp3) is 0.571. The number of hydrogen-bond donors (Lipinski definition) is 1. The number of aryl methyl sites for hydroxylation is 1. The zero-order valence-corrected chi connectivity index (χ0v) is 12.7. The van der Waals surface area contributed by atoms with Gasteiger partial charge in [-0.3, -0.25) is 0 Å². The Kier molecular flexibility index (Phi) is 4.46. The number of rotatable bonds is 3. The number of nitrogens with two attached hydrogens (primary N) is 1. The molecule has 2 N–H and O–H groups in total. The van der Waals surface area contributed by atoms with Crippen molar-refractivity contribution in [3.05, 3.63) is 29.6 Å². The van der Waals surface area contributed by atoms with Crippen LogP contribution in [0.15, 0.2) is 23.1 Å². The largest absolute Gasteiger partial charge is 0.327 e. The molecule has 1 aliphatic rings. The standard InChI is InChI=1S/C14H21FN2O2S/c1-3-11-9-17(7-6-13(11)16)20(18,19)14-5-4-12(15)8-10(14)2/h4-5,8,11,13H,3,6-7,9,16H2,1-2H3. The van der Waals surface area contributed by atoms with E-state index in [2.05, 4.69) is 0 Å². The Labute approximate surface area is 119 Å². The maximum absolute atomic E-state index is 13.1. The third-order valence-electron chi connectivity index (χ3n) is 4.03. The summed E-state index contributed by atoms with van der Waals surface area (Å²) in [5.41, 5.74) is 6.45. The van der Waals surface area contributed by atoms with Crippen molar-refractivity contribution in [2.24, 2.45) is 11.7 Å². The molecule has 1 heterocycles. The van der Waals surface area contributed by atoms with Crippen LogP contribution in [-0.4, -0.2) is 31.9 Å². The molecule has 112 valence electrons. The first-order valence-corrected chi connectivity index (χ1v) is 8.32. The molecule has 2 unspecified atom stereocenters. The molecule has 1 aliphatic heterocycles. The van der Waals surface area contributed by atoms with Crippen molar-refractivity contribution in [1.82, 2.24) is 4.31 Å². The molecule has 2 atom stereocenters. The molecule has 0 aromatic heterocycles. The van der Waals surface area contributed by atoms with Gasteiger partial charge in [0.25, 0.3) is 0 Å². The van der Waals surface area contributed by atoms with Gasteiger partial charge in [0.2, 0.25) is 10.0 Å². The predicted octanol–water partition coefficient (Wildman–Crippen LogP) is 1.88. The molecule has 0 radical (unpaired) electrons. The van der Waals surface area contributed by atoms with Crippen LogP contribution in [0, 0.1) is 18.7 Å². The van der Waals surface area contributed by atoms with Gasteiger partial charge in [0, 0.05) is 19.1 Å². The highest BCUT2D eigenvalue weighted by molar-refractivity contribution is 7.89. The lowest BCUT2D eigenvalue weighted by Crippen LogP contribution is -2.48. The van der Waals surface area contributed by atoms with Crippen LogP contribution in [0.1, 0.15) is 25.3 Å². The quantitative estimate of drug-likeness (QED) is 0.927. The summed E-state index contributed by atoms with van der Waals surface area (Å²) in [4.78, 5) is 0.184. The van der Waals surface area contributed by atoms with Crippen LogP contribution in [0.2, 0.25) is 0 Å². The van der Waals surface area contributed by atoms with E-state index < -0.39 is 15.8 Å². The third-order valence-corrected chi connectivity index (χ3v) is 6.06. The van der Waals surface area contributed by atoms with Crippen molar-refractivity contribution in [2.45, 2.75) is 37.6 Å².